The van der Waals surface area contributed by atoms with Gasteiger partial charge in [-0.1, -0.05) is 12.1 Å². The minimum absolute atomic E-state index is 0.0708. The number of carbonyl (C=O) groups is 2. The van der Waals surface area contributed by atoms with Crippen molar-refractivity contribution in [1.82, 2.24) is 0 Å². The van der Waals surface area contributed by atoms with E-state index in [1.165, 1.54) is 30.3 Å². The van der Waals surface area contributed by atoms with Crippen LogP contribution in [-0.2, 0) is 14.3 Å². The van der Waals surface area contributed by atoms with E-state index in [0.29, 0.717) is 5.56 Å². The number of carboxylic acid groups (broad SMARTS) is 1. The molecule has 0 spiro atoms. The standard InChI is InChI=1S/C11H10O5/c1-7(12)16-10(11(14)15)6-8-2-4-9(13)5-3-8/h2-6,13H,1H3,(H,14,15)/b10-6-. The number of rotatable bonds is 3. The second-order valence-electron chi connectivity index (χ2n) is 3.00. The molecule has 0 aromatic heterocycles. The molecule has 0 radical (unpaired) electrons. The van der Waals surface area contributed by atoms with Crippen LogP contribution in [0.2, 0.25) is 0 Å². The third-order valence-electron chi connectivity index (χ3n) is 1.66. The molecule has 0 amide bonds. The number of carbonyl (C=O) groups excluding carboxylic acids is 1. The van der Waals surface area contributed by atoms with Gasteiger partial charge in [-0.15, -0.1) is 0 Å². The predicted molar refractivity (Wildman–Crippen MR) is 55.5 cm³/mol. The number of carboxylic acids is 1. The summed E-state index contributed by atoms with van der Waals surface area (Å²) >= 11 is 0. The summed E-state index contributed by atoms with van der Waals surface area (Å²) in [7, 11) is 0. The lowest BCUT2D eigenvalue weighted by molar-refractivity contribution is -0.146. The fraction of sp³-hybridized carbons (Fsp3) is 0.0909. The molecule has 2 N–H and O–H groups in total. The molecular formula is C11H10O5. The Balaban J connectivity index is 2.97. The van der Waals surface area contributed by atoms with Crippen LogP contribution < -0.4 is 0 Å². The topological polar surface area (TPSA) is 83.8 Å². The smallest absolute Gasteiger partial charge is 0.371 e. The van der Waals surface area contributed by atoms with Gasteiger partial charge in [-0.3, -0.25) is 4.79 Å². The summed E-state index contributed by atoms with van der Waals surface area (Å²) < 4.78 is 4.51. The van der Waals surface area contributed by atoms with Gasteiger partial charge in [0.15, 0.2) is 0 Å². The van der Waals surface area contributed by atoms with E-state index in [4.69, 9.17) is 10.2 Å². The number of benzene rings is 1. The van der Waals surface area contributed by atoms with Crippen LogP contribution in [0.15, 0.2) is 30.0 Å². The van der Waals surface area contributed by atoms with Crippen LogP contribution in [0.3, 0.4) is 0 Å². The molecule has 0 unspecified atom stereocenters. The number of aliphatic carboxylic acids is 1. The van der Waals surface area contributed by atoms with Gasteiger partial charge in [-0.25, -0.2) is 4.79 Å². The average molecular weight is 222 g/mol. The maximum Gasteiger partial charge on any atom is 0.371 e. The number of hydrogen-bond acceptors (Lipinski definition) is 4. The molecule has 1 aromatic rings. The van der Waals surface area contributed by atoms with Crippen molar-refractivity contribution in [1.29, 1.82) is 0 Å². The lowest BCUT2D eigenvalue weighted by Crippen LogP contribution is -2.08. The number of phenolic OH excluding ortho intramolecular Hbond substituents is 1. The van der Waals surface area contributed by atoms with Crippen molar-refractivity contribution in [3.8, 4) is 5.75 Å². The number of esters is 1. The van der Waals surface area contributed by atoms with Gasteiger partial charge in [0.2, 0.25) is 5.76 Å². The van der Waals surface area contributed by atoms with Gasteiger partial charge >= 0.3 is 11.9 Å². The highest BCUT2D eigenvalue weighted by atomic mass is 16.6. The first-order valence-corrected chi connectivity index (χ1v) is 4.41. The zero-order chi connectivity index (χ0) is 12.1. The van der Waals surface area contributed by atoms with Crippen LogP contribution in [0.4, 0.5) is 0 Å². The molecule has 0 saturated carbocycles. The minimum atomic E-state index is -1.33. The lowest BCUT2D eigenvalue weighted by atomic mass is 10.2. The summed E-state index contributed by atoms with van der Waals surface area (Å²) in [6.45, 7) is 1.12. The number of hydrogen-bond donors (Lipinski definition) is 2. The van der Waals surface area contributed by atoms with Gasteiger partial charge in [-0.05, 0) is 23.8 Å². The second kappa shape index (κ2) is 4.97. The molecule has 0 aliphatic heterocycles. The van der Waals surface area contributed by atoms with Gasteiger partial charge in [0.05, 0.1) is 0 Å². The quantitative estimate of drug-likeness (QED) is 0.458. The maximum absolute atomic E-state index is 10.7. The minimum Gasteiger partial charge on any atom is -0.508 e. The molecule has 16 heavy (non-hydrogen) atoms. The molecule has 0 bridgehead atoms. The monoisotopic (exact) mass is 222 g/mol. The number of aromatic hydroxyl groups is 1. The largest absolute Gasteiger partial charge is 0.508 e. The third kappa shape index (κ3) is 3.45. The Morgan fingerprint density at radius 3 is 2.25 bits per heavy atom. The normalized spacial score (nSPS) is 10.9. The van der Waals surface area contributed by atoms with Crippen LogP contribution in [0, 0.1) is 0 Å². The Morgan fingerprint density at radius 1 is 1.25 bits per heavy atom. The Hall–Kier alpha value is -2.30. The van der Waals surface area contributed by atoms with Gasteiger partial charge < -0.3 is 14.9 Å². The van der Waals surface area contributed by atoms with Crippen molar-refractivity contribution in [2.24, 2.45) is 0 Å². The van der Waals surface area contributed by atoms with Crippen molar-refractivity contribution >= 4 is 18.0 Å². The fourth-order valence-electron chi connectivity index (χ4n) is 1.01. The SMILES string of the molecule is CC(=O)O/C(=C\c1ccc(O)cc1)C(=O)O. The van der Waals surface area contributed by atoms with Gasteiger partial charge in [0, 0.05) is 6.92 Å². The zero-order valence-corrected chi connectivity index (χ0v) is 8.51. The molecular weight excluding hydrogens is 212 g/mol. The summed E-state index contributed by atoms with van der Waals surface area (Å²) in [5.74, 6) is -2.42. The van der Waals surface area contributed by atoms with Crippen molar-refractivity contribution in [2.75, 3.05) is 0 Å². The molecule has 5 nitrogen and oxygen atoms in total. The molecule has 0 saturated heterocycles. The second-order valence-corrected chi connectivity index (χ2v) is 3.00. The molecule has 0 heterocycles. The highest BCUT2D eigenvalue weighted by Crippen LogP contribution is 2.13. The molecule has 1 aromatic carbocycles. The number of phenols is 1. The van der Waals surface area contributed by atoms with Crippen LogP contribution >= 0.6 is 0 Å². The first-order valence-electron chi connectivity index (χ1n) is 4.41. The summed E-state index contributed by atoms with van der Waals surface area (Å²) in [4.78, 5) is 21.3. The average Bonchev–Trinajstić information content (AvgIpc) is 2.19. The molecule has 0 fully saturated rings. The van der Waals surface area contributed by atoms with E-state index in [0.717, 1.165) is 6.92 Å². The van der Waals surface area contributed by atoms with E-state index in [-0.39, 0.29) is 5.75 Å². The first kappa shape index (κ1) is 11.8. The number of ether oxygens (including phenoxy) is 1. The lowest BCUT2D eigenvalue weighted by Gasteiger charge is -2.01. The highest BCUT2D eigenvalue weighted by Gasteiger charge is 2.11. The van der Waals surface area contributed by atoms with Crippen molar-refractivity contribution < 1.29 is 24.5 Å². The van der Waals surface area contributed by atoms with Crippen molar-refractivity contribution in [2.45, 2.75) is 6.92 Å². The zero-order valence-electron chi connectivity index (χ0n) is 8.51. The molecule has 0 atom stereocenters. The predicted octanol–water partition coefficient (Wildman–Crippen LogP) is 1.38. The van der Waals surface area contributed by atoms with E-state index in [1.54, 1.807) is 0 Å². The van der Waals surface area contributed by atoms with E-state index in [2.05, 4.69) is 4.74 Å². The molecule has 84 valence electrons. The summed E-state index contributed by atoms with van der Waals surface area (Å²) in [5, 5.41) is 17.8. The molecule has 1 rings (SSSR count). The molecule has 5 heteroatoms. The fourth-order valence-corrected chi connectivity index (χ4v) is 1.01. The van der Waals surface area contributed by atoms with E-state index in [1.807, 2.05) is 0 Å². The maximum atomic E-state index is 10.7. The Morgan fingerprint density at radius 2 is 1.81 bits per heavy atom. The van der Waals surface area contributed by atoms with Crippen LogP contribution in [0.1, 0.15) is 12.5 Å². The summed E-state index contributed by atoms with van der Waals surface area (Å²) in [5.41, 5.74) is 0.511. The van der Waals surface area contributed by atoms with E-state index >= 15 is 0 Å². The van der Waals surface area contributed by atoms with Gasteiger partial charge in [-0.2, -0.15) is 0 Å². The Kier molecular flexibility index (Phi) is 3.66. The van der Waals surface area contributed by atoms with Crippen LogP contribution in [0.5, 0.6) is 5.75 Å². The third-order valence-corrected chi connectivity index (χ3v) is 1.66. The Labute approximate surface area is 91.6 Å². The van der Waals surface area contributed by atoms with Crippen molar-refractivity contribution in [3.05, 3.63) is 35.6 Å². The summed E-state index contributed by atoms with van der Waals surface area (Å²) in [6.07, 6.45) is 1.20. The first-order chi connectivity index (χ1) is 7.49. The van der Waals surface area contributed by atoms with Crippen molar-refractivity contribution in [3.63, 3.8) is 0 Å². The van der Waals surface area contributed by atoms with Gasteiger partial charge in [0.1, 0.15) is 5.75 Å². The van der Waals surface area contributed by atoms with E-state index < -0.39 is 17.7 Å². The Bertz CT molecular complexity index is 430. The highest BCUT2D eigenvalue weighted by molar-refractivity contribution is 5.92. The molecule has 0 aliphatic rings. The van der Waals surface area contributed by atoms with Gasteiger partial charge in [0.25, 0.3) is 0 Å². The molecule has 0 aliphatic carbocycles. The van der Waals surface area contributed by atoms with Crippen LogP contribution in [-0.4, -0.2) is 22.2 Å². The van der Waals surface area contributed by atoms with Crippen LogP contribution in [0.25, 0.3) is 6.08 Å². The van der Waals surface area contributed by atoms with E-state index in [9.17, 15) is 9.59 Å². The summed E-state index contributed by atoms with van der Waals surface area (Å²) in [6, 6.07) is 5.81.